The number of carbonyl (C=O) groups excluding carboxylic acids is 1. The first-order valence-corrected chi connectivity index (χ1v) is 10.6. The molecule has 31 heavy (non-hydrogen) atoms. The number of aryl methyl sites for hydroxylation is 2. The first kappa shape index (κ1) is 21.0. The number of nitrogens with one attached hydrogen (secondary N) is 2. The molecule has 0 aliphatic carbocycles. The molecule has 7 nitrogen and oxygen atoms in total. The summed E-state index contributed by atoms with van der Waals surface area (Å²) in [4.78, 5) is 23.7. The number of amides is 1. The van der Waals surface area contributed by atoms with Gasteiger partial charge < -0.3 is 10.2 Å². The molecule has 4 rings (SSSR count). The number of rotatable bonds is 6. The summed E-state index contributed by atoms with van der Waals surface area (Å²) in [6.45, 7) is 5.31. The molecule has 1 aliphatic heterocycles. The average Bonchev–Trinajstić information content (AvgIpc) is 3.14. The number of benzene rings is 1. The molecule has 0 spiro atoms. The average molecular weight is 423 g/mol. The molecular weight excluding hydrogens is 395 g/mol. The van der Waals surface area contributed by atoms with E-state index in [-0.39, 0.29) is 11.7 Å². The smallest absolute Gasteiger partial charge is 0.226 e. The second kappa shape index (κ2) is 9.24. The second-order valence-electron chi connectivity index (χ2n) is 8.21. The lowest BCUT2D eigenvalue weighted by Gasteiger charge is -2.33. The van der Waals surface area contributed by atoms with Crippen molar-refractivity contribution in [1.29, 1.82) is 0 Å². The van der Waals surface area contributed by atoms with Gasteiger partial charge in [-0.25, -0.2) is 14.4 Å². The van der Waals surface area contributed by atoms with E-state index >= 15 is 0 Å². The van der Waals surface area contributed by atoms with Crippen LogP contribution >= 0.6 is 0 Å². The van der Waals surface area contributed by atoms with Crippen molar-refractivity contribution < 1.29 is 9.18 Å². The molecule has 2 aromatic heterocycles. The van der Waals surface area contributed by atoms with Crippen LogP contribution in [-0.2, 0) is 17.6 Å². The number of likely N-dealkylation sites (tertiary alicyclic amines) is 1. The maximum Gasteiger partial charge on any atom is 0.226 e. The van der Waals surface area contributed by atoms with E-state index < -0.39 is 0 Å². The van der Waals surface area contributed by atoms with Gasteiger partial charge in [0.2, 0.25) is 5.91 Å². The minimum atomic E-state index is -0.286. The van der Waals surface area contributed by atoms with Gasteiger partial charge in [0.05, 0.1) is 6.42 Å². The molecule has 1 saturated heterocycles. The minimum absolute atomic E-state index is 0.0893. The SMILES string of the molecule is Cc1nc(CC2CCCN(C(=O)Cc3ccc(F)cc3)C2)cc(Nc2cc(C)[nH]n2)n1. The first-order chi connectivity index (χ1) is 14.9. The Balaban J connectivity index is 1.38. The highest BCUT2D eigenvalue weighted by Crippen LogP contribution is 2.23. The van der Waals surface area contributed by atoms with Crippen LogP contribution in [0.5, 0.6) is 0 Å². The van der Waals surface area contributed by atoms with Crippen molar-refractivity contribution in [3.8, 4) is 0 Å². The molecule has 2 N–H and O–H groups in total. The van der Waals surface area contributed by atoms with Gasteiger partial charge in [-0.05, 0) is 56.7 Å². The van der Waals surface area contributed by atoms with Crippen LogP contribution < -0.4 is 5.32 Å². The molecule has 3 aromatic rings. The highest BCUT2D eigenvalue weighted by molar-refractivity contribution is 5.78. The molecule has 1 aromatic carbocycles. The number of hydrogen-bond donors (Lipinski definition) is 2. The fraction of sp³-hybridized carbons (Fsp3) is 0.391. The summed E-state index contributed by atoms with van der Waals surface area (Å²) in [6.07, 6.45) is 3.13. The van der Waals surface area contributed by atoms with E-state index in [4.69, 9.17) is 0 Å². The summed E-state index contributed by atoms with van der Waals surface area (Å²) in [7, 11) is 0. The Hall–Kier alpha value is -3.29. The molecule has 1 atom stereocenters. The zero-order valence-electron chi connectivity index (χ0n) is 17.9. The highest BCUT2D eigenvalue weighted by Gasteiger charge is 2.24. The summed E-state index contributed by atoms with van der Waals surface area (Å²) >= 11 is 0. The number of hydrogen-bond acceptors (Lipinski definition) is 5. The molecule has 3 heterocycles. The van der Waals surface area contributed by atoms with E-state index in [1.165, 1.54) is 12.1 Å². The molecule has 1 amide bonds. The number of carbonyl (C=O) groups is 1. The predicted octanol–water partition coefficient (Wildman–Crippen LogP) is 3.72. The normalized spacial score (nSPS) is 16.4. The van der Waals surface area contributed by atoms with Gasteiger partial charge in [0.15, 0.2) is 5.82 Å². The van der Waals surface area contributed by atoms with Gasteiger partial charge in [-0.3, -0.25) is 9.89 Å². The fourth-order valence-electron chi connectivity index (χ4n) is 4.05. The summed E-state index contributed by atoms with van der Waals surface area (Å²) in [5.41, 5.74) is 2.77. The Morgan fingerprint density at radius 1 is 1.19 bits per heavy atom. The van der Waals surface area contributed by atoms with Crippen LogP contribution in [-0.4, -0.2) is 44.1 Å². The van der Waals surface area contributed by atoms with Crippen molar-refractivity contribution in [2.45, 2.75) is 39.5 Å². The van der Waals surface area contributed by atoms with Crippen molar-refractivity contribution >= 4 is 17.5 Å². The van der Waals surface area contributed by atoms with Crippen molar-refractivity contribution in [1.82, 2.24) is 25.1 Å². The zero-order chi connectivity index (χ0) is 21.8. The monoisotopic (exact) mass is 422 g/mol. The molecule has 0 radical (unpaired) electrons. The quantitative estimate of drug-likeness (QED) is 0.632. The number of nitrogens with zero attached hydrogens (tertiary/aromatic N) is 4. The van der Waals surface area contributed by atoms with Crippen LogP contribution in [0.25, 0.3) is 0 Å². The number of aromatic amines is 1. The fourth-order valence-corrected chi connectivity index (χ4v) is 4.05. The standard InChI is InChI=1S/C23H27FN6O/c1-15-10-22(29-28-15)27-21-13-20(25-16(2)26-21)11-18-4-3-9-30(14-18)23(31)12-17-5-7-19(24)8-6-17/h5-8,10,13,18H,3-4,9,11-12,14H2,1-2H3,(H2,25,26,27,28,29). The second-order valence-corrected chi connectivity index (χ2v) is 8.21. The molecule has 162 valence electrons. The lowest BCUT2D eigenvalue weighted by molar-refractivity contribution is -0.132. The number of aromatic nitrogens is 4. The van der Waals surface area contributed by atoms with Gasteiger partial charge in [0.1, 0.15) is 17.5 Å². The van der Waals surface area contributed by atoms with Crippen molar-refractivity contribution in [3.63, 3.8) is 0 Å². The Labute approximate surface area is 181 Å². The van der Waals surface area contributed by atoms with E-state index in [9.17, 15) is 9.18 Å². The molecule has 8 heteroatoms. The number of anilines is 2. The summed E-state index contributed by atoms with van der Waals surface area (Å²) in [5.74, 6) is 2.29. The Morgan fingerprint density at radius 2 is 2.00 bits per heavy atom. The van der Waals surface area contributed by atoms with Gasteiger partial charge in [0.25, 0.3) is 0 Å². The Kier molecular flexibility index (Phi) is 6.25. The van der Waals surface area contributed by atoms with Crippen LogP contribution in [0.4, 0.5) is 16.0 Å². The van der Waals surface area contributed by atoms with Gasteiger partial charge in [0, 0.05) is 36.6 Å². The summed E-state index contributed by atoms with van der Waals surface area (Å²) in [5, 5.41) is 10.3. The van der Waals surface area contributed by atoms with Gasteiger partial charge >= 0.3 is 0 Å². The van der Waals surface area contributed by atoms with Crippen LogP contribution in [0, 0.1) is 25.6 Å². The highest BCUT2D eigenvalue weighted by atomic mass is 19.1. The van der Waals surface area contributed by atoms with Crippen LogP contribution in [0.15, 0.2) is 36.4 Å². The zero-order valence-corrected chi connectivity index (χ0v) is 17.9. The lowest BCUT2D eigenvalue weighted by Crippen LogP contribution is -2.41. The van der Waals surface area contributed by atoms with Gasteiger partial charge in [-0.2, -0.15) is 5.10 Å². The number of piperidine rings is 1. The molecule has 1 unspecified atom stereocenters. The third-order valence-corrected chi connectivity index (χ3v) is 5.49. The Morgan fingerprint density at radius 3 is 2.74 bits per heavy atom. The maximum atomic E-state index is 13.1. The third-order valence-electron chi connectivity index (χ3n) is 5.49. The van der Waals surface area contributed by atoms with Gasteiger partial charge in [-0.15, -0.1) is 0 Å². The largest absolute Gasteiger partial charge is 0.342 e. The van der Waals surface area contributed by atoms with Gasteiger partial charge in [-0.1, -0.05) is 12.1 Å². The van der Waals surface area contributed by atoms with Crippen molar-refractivity contribution in [2.75, 3.05) is 18.4 Å². The molecular formula is C23H27FN6O. The van der Waals surface area contributed by atoms with Crippen molar-refractivity contribution in [3.05, 3.63) is 65.0 Å². The van der Waals surface area contributed by atoms with Crippen molar-refractivity contribution in [2.24, 2.45) is 5.92 Å². The van der Waals surface area contributed by atoms with Crippen LogP contribution in [0.3, 0.4) is 0 Å². The van der Waals surface area contributed by atoms with Crippen LogP contribution in [0.2, 0.25) is 0 Å². The summed E-state index contributed by atoms with van der Waals surface area (Å²) < 4.78 is 13.1. The predicted molar refractivity (Wildman–Crippen MR) is 116 cm³/mol. The molecule has 1 aliphatic rings. The minimum Gasteiger partial charge on any atom is -0.342 e. The maximum absolute atomic E-state index is 13.1. The van der Waals surface area contributed by atoms with E-state index in [2.05, 4.69) is 25.5 Å². The third kappa shape index (κ3) is 5.65. The van der Waals surface area contributed by atoms with E-state index in [1.54, 1.807) is 12.1 Å². The Bertz CT molecular complexity index is 1050. The lowest BCUT2D eigenvalue weighted by atomic mass is 9.92. The van der Waals surface area contributed by atoms with E-state index in [1.807, 2.05) is 30.9 Å². The molecule has 0 saturated carbocycles. The first-order valence-electron chi connectivity index (χ1n) is 10.6. The van der Waals surface area contributed by atoms with E-state index in [0.29, 0.717) is 30.5 Å². The number of H-pyrrole nitrogens is 1. The molecule has 1 fully saturated rings. The topological polar surface area (TPSA) is 86.8 Å². The molecule has 0 bridgehead atoms. The summed E-state index contributed by atoms with van der Waals surface area (Å²) in [6, 6.07) is 10.0. The van der Waals surface area contributed by atoms with Crippen LogP contribution in [0.1, 0.15) is 35.6 Å². The number of halogens is 1. The van der Waals surface area contributed by atoms with E-state index in [0.717, 1.165) is 48.6 Å².